The summed E-state index contributed by atoms with van der Waals surface area (Å²) in [6.45, 7) is 0. The van der Waals surface area contributed by atoms with Gasteiger partial charge in [-0.05, 0) is 23.3 Å². The molecule has 0 aliphatic rings. The van der Waals surface area contributed by atoms with Crippen molar-refractivity contribution in [1.29, 1.82) is 0 Å². The van der Waals surface area contributed by atoms with Crippen LogP contribution in [0.25, 0.3) is 11.1 Å². The molecule has 0 aliphatic carbocycles. The number of esters is 1. The summed E-state index contributed by atoms with van der Waals surface area (Å²) < 4.78 is 4.98. The second kappa shape index (κ2) is 7.59. The average molecular weight is 344 g/mol. The van der Waals surface area contributed by atoms with Crippen LogP contribution in [0.3, 0.4) is 0 Å². The van der Waals surface area contributed by atoms with E-state index in [-0.39, 0.29) is 5.75 Å². The van der Waals surface area contributed by atoms with E-state index in [1.54, 1.807) is 12.1 Å². The topological polar surface area (TPSA) is 121 Å². The Labute approximate surface area is 143 Å². The summed E-state index contributed by atoms with van der Waals surface area (Å²) in [5.41, 5.74) is -0.845. The quantitative estimate of drug-likeness (QED) is 0.518. The molecule has 0 amide bonds. The van der Waals surface area contributed by atoms with Crippen LogP contribution in [0.2, 0.25) is 0 Å². The number of aliphatic hydroxyl groups is 1. The highest BCUT2D eigenvalue weighted by atomic mass is 16.5. The molecule has 2 aromatic carbocycles. The number of carbonyl (C=O) groups excluding carboxylic acids is 1. The van der Waals surface area contributed by atoms with Crippen LogP contribution in [0.4, 0.5) is 0 Å². The summed E-state index contributed by atoms with van der Waals surface area (Å²) in [5, 5.41) is 27.4. The van der Waals surface area contributed by atoms with Crippen molar-refractivity contribution in [2.45, 2.75) is 18.4 Å². The standard InChI is InChI=1S/C18H16O7/c19-15(20)10-18(24,17(22)23)11-16(21)25-14-8-6-13(7-9-14)12-4-2-1-3-5-12/h1-9,24H,10-11H2,(H,19,20)(H,22,23). The fourth-order valence-corrected chi connectivity index (χ4v) is 2.22. The third-order valence-corrected chi connectivity index (χ3v) is 3.47. The van der Waals surface area contributed by atoms with Crippen LogP contribution in [0, 0.1) is 0 Å². The summed E-state index contributed by atoms with van der Waals surface area (Å²) in [5.74, 6) is -4.22. The number of hydrogen-bond donors (Lipinski definition) is 3. The number of hydrogen-bond acceptors (Lipinski definition) is 5. The molecular formula is C18H16O7. The second-order valence-corrected chi connectivity index (χ2v) is 5.45. The molecule has 2 rings (SSSR count). The van der Waals surface area contributed by atoms with Gasteiger partial charge in [-0.1, -0.05) is 42.5 Å². The van der Waals surface area contributed by atoms with Gasteiger partial charge in [-0.25, -0.2) is 4.79 Å². The summed E-state index contributed by atoms with van der Waals surface area (Å²) in [6.07, 6.45) is -2.08. The number of carboxylic acids is 2. The van der Waals surface area contributed by atoms with Crippen molar-refractivity contribution >= 4 is 17.9 Å². The Bertz CT molecular complexity index is 768. The third-order valence-electron chi connectivity index (χ3n) is 3.47. The fraction of sp³-hybridized carbons (Fsp3) is 0.167. The summed E-state index contributed by atoms with van der Waals surface area (Å²) >= 11 is 0. The van der Waals surface area contributed by atoms with Gasteiger partial charge in [0.05, 0.1) is 12.8 Å². The second-order valence-electron chi connectivity index (χ2n) is 5.45. The van der Waals surface area contributed by atoms with Crippen molar-refractivity contribution in [3.8, 4) is 16.9 Å². The first-order valence-electron chi connectivity index (χ1n) is 7.34. The number of carboxylic acid groups (broad SMARTS) is 2. The van der Waals surface area contributed by atoms with E-state index in [9.17, 15) is 19.5 Å². The van der Waals surface area contributed by atoms with E-state index >= 15 is 0 Å². The number of aliphatic carboxylic acids is 2. The zero-order valence-corrected chi connectivity index (χ0v) is 13.1. The van der Waals surface area contributed by atoms with Crippen LogP contribution in [0.15, 0.2) is 54.6 Å². The molecule has 130 valence electrons. The lowest BCUT2D eigenvalue weighted by Gasteiger charge is -2.20. The smallest absolute Gasteiger partial charge is 0.336 e. The Kier molecular flexibility index (Phi) is 5.51. The lowest BCUT2D eigenvalue weighted by Crippen LogP contribution is -2.43. The van der Waals surface area contributed by atoms with Gasteiger partial charge in [0.2, 0.25) is 0 Å². The molecule has 1 unspecified atom stereocenters. The number of benzene rings is 2. The van der Waals surface area contributed by atoms with Crippen molar-refractivity contribution in [2.75, 3.05) is 0 Å². The first-order chi connectivity index (χ1) is 11.8. The molecule has 2 aromatic rings. The monoisotopic (exact) mass is 344 g/mol. The van der Waals surface area contributed by atoms with Crippen LogP contribution in [-0.2, 0) is 14.4 Å². The Morgan fingerprint density at radius 1 is 0.840 bits per heavy atom. The maximum atomic E-state index is 11.8. The van der Waals surface area contributed by atoms with Crippen molar-refractivity contribution in [2.24, 2.45) is 0 Å². The lowest BCUT2D eigenvalue weighted by molar-refractivity contribution is -0.169. The molecule has 0 aliphatic heterocycles. The maximum absolute atomic E-state index is 11.8. The first kappa shape index (κ1) is 18.2. The van der Waals surface area contributed by atoms with Crippen LogP contribution in [0.5, 0.6) is 5.75 Å². The number of rotatable bonds is 7. The van der Waals surface area contributed by atoms with E-state index in [2.05, 4.69) is 0 Å². The zero-order chi connectivity index (χ0) is 18.4. The third kappa shape index (κ3) is 4.89. The molecule has 0 spiro atoms. The minimum Gasteiger partial charge on any atom is -0.481 e. The Hall–Kier alpha value is -3.19. The molecule has 7 nitrogen and oxygen atoms in total. The molecule has 0 heterocycles. The molecule has 0 bridgehead atoms. The normalized spacial score (nSPS) is 12.8. The van der Waals surface area contributed by atoms with Gasteiger partial charge in [-0.15, -0.1) is 0 Å². The van der Waals surface area contributed by atoms with Gasteiger partial charge in [0.1, 0.15) is 5.75 Å². The van der Waals surface area contributed by atoms with E-state index in [0.29, 0.717) is 0 Å². The van der Waals surface area contributed by atoms with Crippen molar-refractivity contribution in [3.05, 3.63) is 54.6 Å². The van der Waals surface area contributed by atoms with Crippen LogP contribution >= 0.6 is 0 Å². The molecule has 7 heteroatoms. The minimum atomic E-state index is -2.72. The Morgan fingerprint density at radius 2 is 1.40 bits per heavy atom. The predicted octanol–water partition coefficient (Wildman–Crippen LogP) is 1.94. The molecule has 25 heavy (non-hydrogen) atoms. The number of ether oxygens (including phenoxy) is 1. The highest BCUT2D eigenvalue weighted by Gasteiger charge is 2.41. The molecule has 0 aromatic heterocycles. The molecule has 0 saturated heterocycles. The van der Waals surface area contributed by atoms with Crippen molar-refractivity contribution in [3.63, 3.8) is 0 Å². The van der Waals surface area contributed by atoms with Gasteiger partial charge in [0.25, 0.3) is 0 Å². The van der Waals surface area contributed by atoms with E-state index in [1.807, 2.05) is 30.3 Å². The molecule has 1 atom stereocenters. The maximum Gasteiger partial charge on any atom is 0.336 e. The molecule has 0 saturated carbocycles. The Balaban J connectivity index is 2.05. The van der Waals surface area contributed by atoms with Gasteiger partial charge < -0.3 is 20.1 Å². The predicted molar refractivity (Wildman–Crippen MR) is 87.0 cm³/mol. The molecule has 3 N–H and O–H groups in total. The average Bonchev–Trinajstić information content (AvgIpc) is 2.55. The highest BCUT2D eigenvalue weighted by molar-refractivity contribution is 5.89. The summed E-state index contributed by atoms with van der Waals surface area (Å²) in [4.78, 5) is 33.5. The summed E-state index contributed by atoms with van der Waals surface area (Å²) in [7, 11) is 0. The van der Waals surface area contributed by atoms with Gasteiger partial charge >= 0.3 is 17.9 Å². The van der Waals surface area contributed by atoms with E-state index in [1.165, 1.54) is 12.1 Å². The molecule has 0 fully saturated rings. The van der Waals surface area contributed by atoms with E-state index in [4.69, 9.17) is 14.9 Å². The van der Waals surface area contributed by atoms with Crippen LogP contribution < -0.4 is 4.74 Å². The molecule has 0 radical (unpaired) electrons. The van der Waals surface area contributed by atoms with Crippen molar-refractivity contribution in [1.82, 2.24) is 0 Å². The van der Waals surface area contributed by atoms with Crippen LogP contribution in [0.1, 0.15) is 12.8 Å². The fourth-order valence-electron chi connectivity index (χ4n) is 2.22. The van der Waals surface area contributed by atoms with Crippen LogP contribution in [-0.4, -0.2) is 38.8 Å². The van der Waals surface area contributed by atoms with Gasteiger partial charge in [-0.2, -0.15) is 0 Å². The number of carbonyl (C=O) groups is 3. The van der Waals surface area contributed by atoms with Gasteiger partial charge in [0.15, 0.2) is 5.60 Å². The van der Waals surface area contributed by atoms with E-state index < -0.39 is 36.4 Å². The lowest BCUT2D eigenvalue weighted by atomic mass is 9.96. The van der Waals surface area contributed by atoms with Gasteiger partial charge in [0, 0.05) is 0 Å². The largest absolute Gasteiger partial charge is 0.481 e. The Morgan fingerprint density at radius 3 is 1.92 bits per heavy atom. The summed E-state index contributed by atoms with van der Waals surface area (Å²) in [6, 6.07) is 16.0. The van der Waals surface area contributed by atoms with Crippen molar-refractivity contribution < 1.29 is 34.4 Å². The van der Waals surface area contributed by atoms with Gasteiger partial charge in [-0.3, -0.25) is 9.59 Å². The first-order valence-corrected chi connectivity index (χ1v) is 7.34. The minimum absolute atomic E-state index is 0.160. The van der Waals surface area contributed by atoms with E-state index in [0.717, 1.165) is 11.1 Å². The SMILES string of the molecule is O=C(O)CC(O)(CC(=O)Oc1ccc(-c2ccccc2)cc1)C(=O)O. The molecular weight excluding hydrogens is 328 g/mol. The zero-order valence-electron chi connectivity index (χ0n) is 13.1. The highest BCUT2D eigenvalue weighted by Crippen LogP contribution is 2.23.